The van der Waals surface area contributed by atoms with Gasteiger partial charge in [-0.2, -0.15) is 0 Å². The van der Waals surface area contributed by atoms with Gasteiger partial charge in [0.05, 0.1) is 21.6 Å². The summed E-state index contributed by atoms with van der Waals surface area (Å²) >= 11 is 1.54. The van der Waals surface area contributed by atoms with E-state index >= 15 is 0 Å². The molecule has 2 heterocycles. The van der Waals surface area contributed by atoms with Gasteiger partial charge in [-0.05, 0) is 29.9 Å². The Labute approximate surface area is 138 Å². The van der Waals surface area contributed by atoms with Crippen molar-refractivity contribution in [2.75, 3.05) is 5.32 Å². The highest BCUT2D eigenvalue weighted by atomic mass is 32.1. The van der Waals surface area contributed by atoms with Gasteiger partial charge in [-0.1, -0.05) is 37.3 Å². The number of aromatic carboxylic acids is 1. The Kier molecular flexibility index (Phi) is 4.30. The van der Waals surface area contributed by atoms with Crippen LogP contribution in [0.3, 0.4) is 0 Å². The first-order valence-corrected chi connectivity index (χ1v) is 8.41. The minimum atomic E-state index is -0.933. The number of carboxylic acids is 1. The number of benzene rings is 1. The number of anilines is 1. The monoisotopic (exact) mass is 326 g/mol. The minimum absolute atomic E-state index is 0.290. The van der Waals surface area contributed by atoms with Crippen molar-refractivity contribution >= 4 is 33.2 Å². The third kappa shape index (κ3) is 2.92. The standard InChI is InChI=1S/C18H18N2O2S/c1-3-13-14(18(21)22)16(17-15(20-13)11(2)10-23-17)19-9-12-7-5-4-6-8-12/h4-8,10H,3,9H2,1-2H3,(H,19,20)(H,21,22). The molecule has 3 rings (SSSR count). The van der Waals surface area contributed by atoms with Crippen molar-refractivity contribution < 1.29 is 9.90 Å². The maximum Gasteiger partial charge on any atom is 0.339 e. The molecule has 0 fully saturated rings. The molecule has 0 bridgehead atoms. The topological polar surface area (TPSA) is 62.2 Å². The van der Waals surface area contributed by atoms with Crippen LogP contribution in [-0.2, 0) is 13.0 Å². The van der Waals surface area contributed by atoms with Crippen molar-refractivity contribution in [2.45, 2.75) is 26.8 Å². The SMILES string of the molecule is CCc1nc2c(C)csc2c(NCc2ccccc2)c1C(=O)O. The molecule has 3 aromatic rings. The highest BCUT2D eigenvalue weighted by Crippen LogP contribution is 2.35. The van der Waals surface area contributed by atoms with Gasteiger partial charge in [0.15, 0.2) is 0 Å². The molecule has 0 aliphatic carbocycles. The van der Waals surface area contributed by atoms with E-state index in [0.717, 1.165) is 21.3 Å². The number of nitrogens with zero attached hydrogens (tertiary/aromatic N) is 1. The smallest absolute Gasteiger partial charge is 0.339 e. The van der Waals surface area contributed by atoms with E-state index in [4.69, 9.17) is 0 Å². The van der Waals surface area contributed by atoms with Crippen molar-refractivity contribution in [1.29, 1.82) is 0 Å². The van der Waals surface area contributed by atoms with Crippen LogP contribution in [0.1, 0.15) is 34.1 Å². The summed E-state index contributed by atoms with van der Waals surface area (Å²) in [7, 11) is 0. The average molecular weight is 326 g/mol. The Bertz CT molecular complexity index is 856. The maximum atomic E-state index is 11.8. The second-order valence-electron chi connectivity index (χ2n) is 5.40. The van der Waals surface area contributed by atoms with Gasteiger partial charge in [-0.3, -0.25) is 4.98 Å². The van der Waals surface area contributed by atoms with Crippen LogP contribution in [0.25, 0.3) is 10.2 Å². The van der Waals surface area contributed by atoms with Gasteiger partial charge >= 0.3 is 5.97 Å². The lowest BCUT2D eigenvalue weighted by atomic mass is 10.1. The van der Waals surface area contributed by atoms with E-state index in [0.29, 0.717) is 24.3 Å². The van der Waals surface area contributed by atoms with Gasteiger partial charge < -0.3 is 10.4 Å². The van der Waals surface area contributed by atoms with E-state index in [9.17, 15) is 9.90 Å². The summed E-state index contributed by atoms with van der Waals surface area (Å²) in [5.41, 5.74) is 4.69. The number of fused-ring (bicyclic) bond motifs is 1. The van der Waals surface area contributed by atoms with Crippen LogP contribution in [-0.4, -0.2) is 16.1 Å². The number of hydrogen-bond donors (Lipinski definition) is 2. The maximum absolute atomic E-state index is 11.8. The van der Waals surface area contributed by atoms with Gasteiger partial charge in [-0.25, -0.2) is 4.79 Å². The summed E-state index contributed by atoms with van der Waals surface area (Å²) in [6, 6.07) is 9.96. The van der Waals surface area contributed by atoms with Gasteiger partial charge in [0, 0.05) is 6.54 Å². The Morgan fingerprint density at radius 1 is 1.30 bits per heavy atom. The molecular formula is C18H18N2O2S. The number of thiophene rings is 1. The molecule has 0 aliphatic rings. The quantitative estimate of drug-likeness (QED) is 0.726. The number of pyridine rings is 1. The number of aryl methyl sites for hydroxylation is 2. The molecule has 0 atom stereocenters. The van der Waals surface area contributed by atoms with Crippen molar-refractivity contribution in [3.05, 3.63) is 58.1 Å². The van der Waals surface area contributed by atoms with E-state index in [2.05, 4.69) is 10.3 Å². The Hall–Kier alpha value is -2.40. The van der Waals surface area contributed by atoms with Crippen LogP contribution in [0.15, 0.2) is 35.7 Å². The van der Waals surface area contributed by atoms with E-state index in [1.54, 1.807) is 0 Å². The Morgan fingerprint density at radius 3 is 2.70 bits per heavy atom. The second kappa shape index (κ2) is 6.38. The highest BCUT2D eigenvalue weighted by Gasteiger charge is 2.21. The summed E-state index contributed by atoms with van der Waals surface area (Å²) in [6.07, 6.45) is 0.590. The summed E-state index contributed by atoms with van der Waals surface area (Å²) in [5, 5.41) is 15.0. The molecule has 0 saturated carbocycles. The normalized spacial score (nSPS) is 10.9. The molecule has 2 aromatic heterocycles. The molecule has 1 aromatic carbocycles. The second-order valence-corrected chi connectivity index (χ2v) is 6.28. The molecule has 0 saturated heterocycles. The average Bonchev–Trinajstić information content (AvgIpc) is 2.93. The summed E-state index contributed by atoms with van der Waals surface area (Å²) in [4.78, 5) is 16.4. The number of rotatable bonds is 5. The molecule has 0 aliphatic heterocycles. The fourth-order valence-corrected chi connectivity index (χ4v) is 3.66. The molecule has 5 heteroatoms. The number of carbonyl (C=O) groups is 1. The first kappa shape index (κ1) is 15.5. The Balaban J connectivity index is 2.12. The third-order valence-electron chi connectivity index (χ3n) is 3.82. The van der Waals surface area contributed by atoms with Gasteiger partial charge in [0.2, 0.25) is 0 Å². The molecule has 0 amide bonds. The predicted octanol–water partition coefficient (Wildman–Crippen LogP) is 4.48. The summed E-state index contributed by atoms with van der Waals surface area (Å²) in [5.74, 6) is -0.933. The first-order valence-electron chi connectivity index (χ1n) is 7.53. The van der Waals surface area contributed by atoms with Crippen molar-refractivity contribution in [1.82, 2.24) is 4.98 Å². The van der Waals surface area contributed by atoms with Crippen molar-refractivity contribution in [3.8, 4) is 0 Å². The number of aromatic nitrogens is 1. The first-order chi connectivity index (χ1) is 11.1. The number of nitrogens with one attached hydrogen (secondary N) is 1. The van der Waals surface area contributed by atoms with Gasteiger partial charge in [-0.15, -0.1) is 11.3 Å². The van der Waals surface area contributed by atoms with Gasteiger partial charge in [0.25, 0.3) is 0 Å². The van der Waals surface area contributed by atoms with Crippen LogP contribution in [0.2, 0.25) is 0 Å². The lowest BCUT2D eigenvalue weighted by Gasteiger charge is -2.14. The van der Waals surface area contributed by atoms with Crippen LogP contribution in [0.5, 0.6) is 0 Å². The molecule has 0 radical (unpaired) electrons. The minimum Gasteiger partial charge on any atom is -0.478 e. The van der Waals surface area contributed by atoms with E-state index in [1.165, 1.54) is 11.3 Å². The molecule has 4 nitrogen and oxygen atoms in total. The fraction of sp³-hybridized carbons (Fsp3) is 0.222. The van der Waals surface area contributed by atoms with Crippen LogP contribution >= 0.6 is 11.3 Å². The van der Waals surface area contributed by atoms with Crippen molar-refractivity contribution in [3.63, 3.8) is 0 Å². The zero-order valence-corrected chi connectivity index (χ0v) is 13.9. The van der Waals surface area contributed by atoms with E-state index < -0.39 is 5.97 Å². The summed E-state index contributed by atoms with van der Waals surface area (Å²) in [6.45, 7) is 4.52. The summed E-state index contributed by atoms with van der Waals surface area (Å²) < 4.78 is 0.910. The predicted molar refractivity (Wildman–Crippen MR) is 94.5 cm³/mol. The molecule has 2 N–H and O–H groups in total. The fourth-order valence-electron chi connectivity index (χ4n) is 2.64. The van der Waals surface area contributed by atoms with Crippen LogP contribution < -0.4 is 5.32 Å². The van der Waals surface area contributed by atoms with Gasteiger partial charge in [0.1, 0.15) is 5.56 Å². The number of carboxylic acid groups (broad SMARTS) is 1. The zero-order chi connectivity index (χ0) is 16.4. The van der Waals surface area contributed by atoms with Crippen molar-refractivity contribution in [2.24, 2.45) is 0 Å². The Morgan fingerprint density at radius 2 is 2.04 bits per heavy atom. The third-order valence-corrected chi connectivity index (χ3v) is 4.92. The lowest BCUT2D eigenvalue weighted by Crippen LogP contribution is -2.11. The lowest BCUT2D eigenvalue weighted by molar-refractivity contribution is 0.0696. The van der Waals surface area contributed by atoms with E-state index in [1.807, 2.05) is 49.6 Å². The zero-order valence-electron chi connectivity index (χ0n) is 13.1. The molecule has 118 valence electrons. The largest absolute Gasteiger partial charge is 0.478 e. The van der Waals surface area contributed by atoms with Crippen LogP contribution in [0, 0.1) is 6.92 Å². The van der Waals surface area contributed by atoms with Crippen LogP contribution in [0.4, 0.5) is 5.69 Å². The van der Waals surface area contributed by atoms with E-state index in [-0.39, 0.29) is 5.56 Å². The number of hydrogen-bond acceptors (Lipinski definition) is 4. The molecule has 0 spiro atoms. The molecule has 23 heavy (non-hydrogen) atoms. The molecular weight excluding hydrogens is 308 g/mol. The highest BCUT2D eigenvalue weighted by molar-refractivity contribution is 7.18. The molecule has 0 unspecified atom stereocenters.